The van der Waals surface area contributed by atoms with Gasteiger partial charge in [0.2, 0.25) is 11.7 Å². The molecule has 0 spiro atoms. The fourth-order valence-electron chi connectivity index (χ4n) is 1.58. The lowest BCUT2D eigenvalue weighted by Gasteiger charge is -2.05. The van der Waals surface area contributed by atoms with E-state index in [9.17, 15) is 4.79 Å². The molecule has 8 heteroatoms. The highest BCUT2D eigenvalue weighted by atomic mass is 35.5. The van der Waals surface area contributed by atoms with Crippen LogP contribution in [0.1, 0.15) is 12.0 Å². The molecule has 1 aromatic heterocycles. The molecule has 1 amide bonds. The van der Waals surface area contributed by atoms with E-state index in [0.29, 0.717) is 25.3 Å². The van der Waals surface area contributed by atoms with Crippen LogP contribution in [-0.4, -0.2) is 40.1 Å². The van der Waals surface area contributed by atoms with Gasteiger partial charge in [-0.3, -0.25) is 4.79 Å². The first-order valence-corrected chi connectivity index (χ1v) is 6.03. The van der Waals surface area contributed by atoms with Crippen molar-refractivity contribution in [2.45, 2.75) is 13.0 Å². The maximum Gasteiger partial charge on any atom is 0.221 e. The van der Waals surface area contributed by atoms with Crippen molar-refractivity contribution in [3.63, 3.8) is 0 Å². The number of amides is 1. The Kier molecular flexibility index (Phi) is 6.61. The average molecular weight is 297 g/mol. The Balaban J connectivity index is 0.00000200. The zero-order chi connectivity index (χ0) is 13.5. The van der Waals surface area contributed by atoms with E-state index < -0.39 is 0 Å². The van der Waals surface area contributed by atoms with Crippen molar-refractivity contribution in [1.29, 1.82) is 0 Å². The number of carbonyl (C=O) groups is 1. The first-order valence-electron chi connectivity index (χ1n) is 6.03. The molecule has 0 atom stereocenters. The first-order chi connectivity index (χ1) is 9.29. The highest BCUT2D eigenvalue weighted by Crippen LogP contribution is 2.13. The highest BCUT2D eigenvalue weighted by molar-refractivity contribution is 5.85. The molecule has 1 aromatic carbocycles. The normalized spacial score (nSPS) is 9.85. The SMILES string of the molecule is CNCCC(=O)NCc1ccc(-c2nn[nH]n2)cc1.Cl. The molecule has 0 saturated heterocycles. The smallest absolute Gasteiger partial charge is 0.221 e. The molecule has 0 unspecified atom stereocenters. The standard InChI is InChI=1S/C12H16N6O.ClH/c1-13-7-6-11(19)14-8-9-2-4-10(5-3-9)12-15-17-18-16-12;/h2-5,13H,6-8H2,1H3,(H,14,19)(H,15,16,17,18);1H. The lowest BCUT2D eigenvalue weighted by atomic mass is 10.1. The van der Waals surface area contributed by atoms with E-state index >= 15 is 0 Å². The van der Waals surface area contributed by atoms with E-state index in [-0.39, 0.29) is 18.3 Å². The number of aromatic nitrogens is 4. The number of hydrogen-bond acceptors (Lipinski definition) is 5. The minimum absolute atomic E-state index is 0. The van der Waals surface area contributed by atoms with Crippen molar-refractivity contribution in [2.75, 3.05) is 13.6 Å². The summed E-state index contributed by atoms with van der Waals surface area (Å²) in [5, 5.41) is 19.5. The topological polar surface area (TPSA) is 95.6 Å². The van der Waals surface area contributed by atoms with Crippen LogP contribution in [0.15, 0.2) is 24.3 Å². The molecule has 2 aromatic rings. The number of benzene rings is 1. The van der Waals surface area contributed by atoms with E-state index in [1.807, 2.05) is 31.3 Å². The molecule has 20 heavy (non-hydrogen) atoms. The van der Waals surface area contributed by atoms with Gasteiger partial charge < -0.3 is 10.6 Å². The largest absolute Gasteiger partial charge is 0.352 e. The third-order valence-corrected chi connectivity index (χ3v) is 2.65. The van der Waals surface area contributed by atoms with E-state index in [1.165, 1.54) is 0 Å². The van der Waals surface area contributed by atoms with Gasteiger partial charge in [-0.2, -0.15) is 5.21 Å². The van der Waals surface area contributed by atoms with Crippen molar-refractivity contribution < 1.29 is 4.79 Å². The molecular weight excluding hydrogens is 280 g/mol. The molecule has 0 bridgehead atoms. The molecule has 0 fully saturated rings. The third kappa shape index (κ3) is 4.60. The lowest BCUT2D eigenvalue weighted by molar-refractivity contribution is -0.121. The molecule has 0 radical (unpaired) electrons. The lowest BCUT2D eigenvalue weighted by Crippen LogP contribution is -2.26. The zero-order valence-corrected chi connectivity index (χ0v) is 11.9. The van der Waals surface area contributed by atoms with Crippen molar-refractivity contribution >= 4 is 18.3 Å². The van der Waals surface area contributed by atoms with Gasteiger partial charge in [-0.05, 0) is 17.8 Å². The van der Waals surface area contributed by atoms with Gasteiger partial charge in [-0.1, -0.05) is 24.3 Å². The molecule has 2 rings (SSSR count). The quantitative estimate of drug-likeness (QED) is 0.722. The predicted octanol–water partition coefficient (Wildman–Crippen LogP) is 0.514. The minimum Gasteiger partial charge on any atom is -0.352 e. The van der Waals surface area contributed by atoms with Crippen LogP contribution in [0.4, 0.5) is 0 Å². The summed E-state index contributed by atoms with van der Waals surface area (Å²) in [6.07, 6.45) is 0.484. The van der Waals surface area contributed by atoms with Crippen molar-refractivity contribution in [1.82, 2.24) is 31.3 Å². The predicted molar refractivity (Wildman–Crippen MR) is 77.3 cm³/mol. The number of halogens is 1. The molecule has 7 nitrogen and oxygen atoms in total. The number of rotatable bonds is 6. The van der Waals surface area contributed by atoms with Crippen molar-refractivity contribution in [2.24, 2.45) is 0 Å². The number of tetrazole rings is 1. The Bertz CT molecular complexity index is 513. The summed E-state index contributed by atoms with van der Waals surface area (Å²) in [7, 11) is 1.82. The summed E-state index contributed by atoms with van der Waals surface area (Å²) in [6, 6.07) is 7.67. The Morgan fingerprint density at radius 2 is 2.05 bits per heavy atom. The van der Waals surface area contributed by atoms with Crippen LogP contribution in [0.25, 0.3) is 11.4 Å². The van der Waals surface area contributed by atoms with Crippen LogP contribution in [0.2, 0.25) is 0 Å². The first kappa shape index (κ1) is 16.1. The summed E-state index contributed by atoms with van der Waals surface area (Å²) >= 11 is 0. The van der Waals surface area contributed by atoms with Gasteiger partial charge in [0.05, 0.1) is 0 Å². The van der Waals surface area contributed by atoms with Crippen LogP contribution >= 0.6 is 12.4 Å². The van der Waals surface area contributed by atoms with Crippen LogP contribution in [0, 0.1) is 0 Å². The Hall–Kier alpha value is -1.99. The van der Waals surface area contributed by atoms with Gasteiger partial charge in [-0.25, -0.2) is 0 Å². The van der Waals surface area contributed by atoms with E-state index in [4.69, 9.17) is 0 Å². The minimum atomic E-state index is 0. The monoisotopic (exact) mass is 296 g/mol. The van der Waals surface area contributed by atoms with E-state index in [1.54, 1.807) is 0 Å². The summed E-state index contributed by atoms with van der Waals surface area (Å²) in [5.41, 5.74) is 1.92. The van der Waals surface area contributed by atoms with Crippen LogP contribution in [0.3, 0.4) is 0 Å². The number of H-pyrrole nitrogens is 1. The number of carbonyl (C=O) groups excluding carboxylic acids is 1. The maximum atomic E-state index is 11.4. The molecule has 0 aliphatic carbocycles. The van der Waals surface area contributed by atoms with Crippen LogP contribution in [-0.2, 0) is 11.3 Å². The van der Waals surface area contributed by atoms with Crippen LogP contribution in [0.5, 0.6) is 0 Å². The van der Waals surface area contributed by atoms with E-state index in [2.05, 4.69) is 31.3 Å². The molecule has 3 N–H and O–H groups in total. The van der Waals surface area contributed by atoms with Gasteiger partial charge in [0, 0.05) is 25.1 Å². The number of nitrogens with zero attached hydrogens (tertiary/aromatic N) is 3. The average Bonchev–Trinajstić information content (AvgIpc) is 2.97. The van der Waals surface area contributed by atoms with E-state index in [0.717, 1.165) is 11.1 Å². The fourth-order valence-corrected chi connectivity index (χ4v) is 1.58. The number of aromatic amines is 1. The Morgan fingerprint density at radius 3 is 2.65 bits per heavy atom. The summed E-state index contributed by atoms with van der Waals surface area (Å²) < 4.78 is 0. The second kappa shape index (κ2) is 8.23. The molecule has 0 aliphatic rings. The molecule has 0 saturated carbocycles. The van der Waals surface area contributed by atoms with Crippen LogP contribution < -0.4 is 10.6 Å². The number of hydrogen-bond donors (Lipinski definition) is 3. The molecule has 0 aliphatic heterocycles. The van der Waals surface area contributed by atoms with Gasteiger partial charge in [-0.15, -0.1) is 22.6 Å². The summed E-state index contributed by atoms with van der Waals surface area (Å²) in [5.74, 6) is 0.598. The third-order valence-electron chi connectivity index (χ3n) is 2.65. The van der Waals surface area contributed by atoms with Gasteiger partial charge in [0.15, 0.2) is 0 Å². The molecule has 108 valence electrons. The zero-order valence-electron chi connectivity index (χ0n) is 11.1. The van der Waals surface area contributed by atoms with Gasteiger partial charge in [0.1, 0.15) is 0 Å². The Labute approximate surface area is 123 Å². The molecule has 1 heterocycles. The second-order valence-electron chi connectivity index (χ2n) is 4.06. The Morgan fingerprint density at radius 1 is 1.30 bits per heavy atom. The summed E-state index contributed by atoms with van der Waals surface area (Å²) in [4.78, 5) is 11.4. The maximum absolute atomic E-state index is 11.4. The fraction of sp³-hybridized carbons (Fsp3) is 0.333. The number of nitrogens with one attached hydrogen (secondary N) is 3. The van der Waals surface area contributed by atoms with Gasteiger partial charge >= 0.3 is 0 Å². The van der Waals surface area contributed by atoms with Crippen molar-refractivity contribution in [3.8, 4) is 11.4 Å². The second-order valence-corrected chi connectivity index (χ2v) is 4.06. The van der Waals surface area contributed by atoms with Gasteiger partial charge in [0.25, 0.3) is 0 Å². The molecular formula is C12H17ClN6O. The summed E-state index contributed by atoms with van der Waals surface area (Å²) in [6.45, 7) is 1.21. The highest BCUT2D eigenvalue weighted by Gasteiger charge is 2.03. The van der Waals surface area contributed by atoms with Crippen molar-refractivity contribution in [3.05, 3.63) is 29.8 Å².